The molecule has 0 bridgehead atoms. The van der Waals surface area contributed by atoms with Crippen LogP contribution in [-0.2, 0) is 0 Å². The summed E-state index contributed by atoms with van der Waals surface area (Å²) in [7, 11) is 0. The molecule has 6 N–H and O–H groups in total. The third kappa shape index (κ3) is 2.83. The molecule has 0 amide bonds. The molecule has 9 nitrogen and oxygen atoms in total. The van der Waals surface area contributed by atoms with Gasteiger partial charge in [0.05, 0.1) is 19.8 Å². The molecule has 0 aliphatic rings. The first kappa shape index (κ1) is 14.1. The van der Waals surface area contributed by atoms with Gasteiger partial charge in [0.2, 0.25) is 5.88 Å². The van der Waals surface area contributed by atoms with Crippen molar-refractivity contribution in [2.24, 2.45) is 4.99 Å². The Balaban J connectivity index is 3.19. The molecular formula is C9H13N3O6. The van der Waals surface area contributed by atoms with Crippen molar-refractivity contribution in [3.05, 3.63) is 26.4 Å². The molecule has 0 radical (unpaired) electrons. The van der Waals surface area contributed by atoms with E-state index in [1.165, 1.54) is 0 Å². The fourth-order valence-electron chi connectivity index (χ4n) is 1.08. The summed E-state index contributed by atoms with van der Waals surface area (Å²) >= 11 is 0. The number of H-pyrrole nitrogens is 2. The van der Waals surface area contributed by atoms with E-state index in [2.05, 4.69) is 4.99 Å². The maximum atomic E-state index is 11.3. The molecule has 1 rings (SSSR count). The number of nitrogens with one attached hydrogen (secondary N) is 2. The van der Waals surface area contributed by atoms with Crippen LogP contribution in [0.4, 0.5) is 0 Å². The normalized spacial score (nSPS) is 12.2. The Morgan fingerprint density at radius 2 is 1.67 bits per heavy atom. The summed E-state index contributed by atoms with van der Waals surface area (Å²) in [5.41, 5.74) is -3.68. The van der Waals surface area contributed by atoms with Crippen LogP contribution in [0.25, 0.3) is 0 Å². The highest BCUT2D eigenvalue weighted by Crippen LogP contribution is 2.09. The first-order chi connectivity index (χ1) is 8.48. The predicted octanol–water partition coefficient (Wildman–Crippen LogP) is -3.10. The molecule has 0 saturated carbocycles. The Morgan fingerprint density at radius 1 is 1.11 bits per heavy atom. The lowest BCUT2D eigenvalue weighted by Crippen LogP contribution is -2.40. The van der Waals surface area contributed by atoms with Crippen LogP contribution in [0.1, 0.15) is 5.56 Å². The van der Waals surface area contributed by atoms with Crippen molar-refractivity contribution in [2.45, 2.75) is 5.54 Å². The minimum atomic E-state index is -1.56. The summed E-state index contributed by atoms with van der Waals surface area (Å²) in [6.07, 6.45) is 0.854. The topological polar surface area (TPSA) is 159 Å². The van der Waals surface area contributed by atoms with Gasteiger partial charge in [0.15, 0.2) is 0 Å². The summed E-state index contributed by atoms with van der Waals surface area (Å²) < 4.78 is 0. The highest BCUT2D eigenvalue weighted by molar-refractivity contribution is 5.82. The zero-order chi connectivity index (χ0) is 13.8. The molecule has 0 saturated heterocycles. The zero-order valence-electron chi connectivity index (χ0n) is 9.25. The Labute approximate surface area is 100 Å². The molecule has 1 aromatic rings. The van der Waals surface area contributed by atoms with E-state index in [-0.39, 0.29) is 5.56 Å². The Morgan fingerprint density at radius 3 is 2.11 bits per heavy atom. The third-order valence-electron chi connectivity index (χ3n) is 2.31. The van der Waals surface area contributed by atoms with Gasteiger partial charge in [-0.05, 0) is 0 Å². The van der Waals surface area contributed by atoms with Crippen LogP contribution in [0.2, 0.25) is 0 Å². The Bertz CT molecular complexity index is 534. The minimum absolute atomic E-state index is 0.352. The second-order valence-corrected chi connectivity index (χ2v) is 3.63. The number of aliphatic hydroxyl groups excluding tert-OH is 3. The number of aromatic nitrogens is 2. The van der Waals surface area contributed by atoms with E-state index in [4.69, 9.17) is 15.3 Å². The van der Waals surface area contributed by atoms with E-state index in [1.807, 2.05) is 9.97 Å². The predicted molar refractivity (Wildman–Crippen MR) is 60.9 cm³/mol. The van der Waals surface area contributed by atoms with Crippen LogP contribution >= 0.6 is 0 Å². The summed E-state index contributed by atoms with van der Waals surface area (Å²) in [6.45, 7) is -1.96. The van der Waals surface area contributed by atoms with Crippen LogP contribution in [0.5, 0.6) is 5.88 Å². The molecule has 1 heterocycles. The van der Waals surface area contributed by atoms with Crippen LogP contribution in [0.15, 0.2) is 14.6 Å². The molecule has 0 fully saturated rings. The number of rotatable bonds is 5. The maximum absolute atomic E-state index is 11.3. The van der Waals surface area contributed by atoms with Crippen molar-refractivity contribution in [2.75, 3.05) is 19.8 Å². The van der Waals surface area contributed by atoms with Crippen molar-refractivity contribution < 1.29 is 20.4 Å². The SMILES string of the molecule is O=c1[nH]c(O)c(C=NC(CO)(CO)CO)c(=O)[nH]1. The van der Waals surface area contributed by atoms with Crippen molar-refractivity contribution in [3.8, 4) is 5.88 Å². The van der Waals surface area contributed by atoms with E-state index in [0.717, 1.165) is 6.21 Å². The fourth-order valence-corrected chi connectivity index (χ4v) is 1.08. The molecule has 0 aliphatic carbocycles. The lowest BCUT2D eigenvalue weighted by molar-refractivity contribution is 0.0718. The van der Waals surface area contributed by atoms with Crippen LogP contribution in [-0.4, -0.2) is 62.0 Å². The van der Waals surface area contributed by atoms with Gasteiger partial charge in [-0.15, -0.1) is 0 Å². The summed E-state index contributed by atoms with van der Waals surface area (Å²) in [4.78, 5) is 29.6. The van der Waals surface area contributed by atoms with Crippen molar-refractivity contribution in [3.63, 3.8) is 0 Å². The fraction of sp³-hybridized carbons (Fsp3) is 0.444. The van der Waals surface area contributed by atoms with Gasteiger partial charge >= 0.3 is 5.69 Å². The Kier molecular flexibility index (Phi) is 4.37. The van der Waals surface area contributed by atoms with Gasteiger partial charge in [-0.3, -0.25) is 19.8 Å². The Hall–Kier alpha value is -1.97. The van der Waals surface area contributed by atoms with Gasteiger partial charge in [0, 0.05) is 6.21 Å². The molecule has 0 aliphatic heterocycles. The quantitative estimate of drug-likeness (QED) is 0.307. The number of aliphatic imine (C=N–C) groups is 1. The molecule has 100 valence electrons. The van der Waals surface area contributed by atoms with Gasteiger partial charge in [-0.2, -0.15) is 0 Å². The molecular weight excluding hydrogens is 246 g/mol. The smallest absolute Gasteiger partial charge is 0.328 e. The van der Waals surface area contributed by atoms with Crippen LogP contribution < -0.4 is 11.2 Å². The van der Waals surface area contributed by atoms with E-state index >= 15 is 0 Å². The minimum Gasteiger partial charge on any atom is -0.494 e. The van der Waals surface area contributed by atoms with E-state index in [9.17, 15) is 14.7 Å². The van der Waals surface area contributed by atoms with Gasteiger partial charge < -0.3 is 20.4 Å². The number of hydrogen-bond acceptors (Lipinski definition) is 7. The zero-order valence-corrected chi connectivity index (χ0v) is 9.25. The van der Waals surface area contributed by atoms with Crippen molar-refractivity contribution in [1.29, 1.82) is 0 Å². The van der Waals surface area contributed by atoms with Crippen LogP contribution in [0, 0.1) is 0 Å². The number of hydrogen-bond donors (Lipinski definition) is 6. The lowest BCUT2D eigenvalue weighted by Gasteiger charge is -2.21. The van der Waals surface area contributed by atoms with Crippen molar-refractivity contribution >= 4 is 6.21 Å². The average molecular weight is 259 g/mol. The molecule has 0 atom stereocenters. The second kappa shape index (κ2) is 5.58. The molecule has 0 aromatic carbocycles. The maximum Gasteiger partial charge on any atom is 0.328 e. The first-order valence-corrected chi connectivity index (χ1v) is 4.91. The van der Waals surface area contributed by atoms with E-state index in [1.54, 1.807) is 0 Å². The van der Waals surface area contributed by atoms with Crippen molar-refractivity contribution in [1.82, 2.24) is 9.97 Å². The highest BCUT2D eigenvalue weighted by atomic mass is 16.3. The van der Waals surface area contributed by atoms with Gasteiger partial charge in [-0.1, -0.05) is 0 Å². The van der Waals surface area contributed by atoms with E-state index < -0.39 is 42.5 Å². The average Bonchev–Trinajstić information content (AvgIpc) is 2.33. The van der Waals surface area contributed by atoms with E-state index in [0.29, 0.717) is 0 Å². The monoisotopic (exact) mass is 259 g/mol. The first-order valence-electron chi connectivity index (χ1n) is 4.91. The summed E-state index contributed by atoms with van der Waals surface area (Å²) in [5, 5.41) is 36.3. The number of nitrogens with zero attached hydrogens (tertiary/aromatic N) is 1. The molecule has 0 unspecified atom stereocenters. The molecule has 18 heavy (non-hydrogen) atoms. The highest BCUT2D eigenvalue weighted by Gasteiger charge is 2.26. The summed E-state index contributed by atoms with van der Waals surface area (Å²) in [6, 6.07) is 0. The van der Waals surface area contributed by atoms with Gasteiger partial charge in [0.1, 0.15) is 11.1 Å². The van der Waals surface area contributed by atoms with Gasteiger partial charge in [-0.25, -0.2) is 4.79 Å². The number of aromatic hydroxyl groups is 1. The summed E-state index contributed by atoms with van der Waals surface area (Å²) in [5.74, 6) is -0.699. The van der Waals surface area contributed by atoms with Gasteiger partial charge in [0.25, 0.3) is 5.56 Å². The standard InChI is InChI=1S/C9H13N3O6/c13-2-9(3-14,4-15)10-1-5-6(16)11-8(18)12-7(5)17/h1,13-15H,2-4H2,(H3,11,12,16,17,18). The third-order valence-corrected chi connectivity index (χ3v) is 2.31. The number of aromatic amines is 2. The lowest BCUT2D eigenvalue weighted by atomic mass is 10.1. The molecule has 9 heteroatoms. The molecule has 0 spiro atoms. The second-order valence-electron chi connectivity index (χ2n) is 3.63. The molecule has 1 aromatic heterocycles. The largest absolute Gasteiger partial charge is 0.494 e. The number of aliphatic hydroxyl groups is 3. The van der Waals surface area contributed by atoms with Crippen LogP contribution in [0.3, 0.4) is 0 Å².